The van der Waals surface area contributed by atoms with Crippen molar-refractivity contribution in [1.29, 1.82) is 0 Å². The number of rotatable bonds is 4. The fraction of sp³-hybridized carbons (Fsp3) is 0.450. The van der Waals surface area contributed by atoms with Gasteiger partial charge in [-0.1, -0.05) is 23.5 Å². The second-order valence-electron chi connectivity index (χ2n) is 7.32. The van der Waals surface area contributed by atoms with E-state index in [-0.39, 0.29) is 0 Å². The van der Waals surface area contributed by atoms with E-state index in [2.05, 4.69) is 39.8 Å². The Morgan fingerprint density at radius 3 is 2.93 bits per heavy atom. The van der Waals surface area contributed by atoms with Gasteiger partial charge in [0.05, 0.1) is 15.9 Å². The predicted octanol–water partition coefficient (Wildman–Crippen LogP) is 3.70. The van der Waals surface area contributed by atoms with Crippen LogP contribution in [0.1, 0.15) is 30.5 Å². The number of thiazole rings is 1. The summed E-state index contributed by atoms with van der Waals surface area (Å²) in [6.45, 7) is 2.00. The van der Waals surface area contributed by atoms with Gasteiger partial charge in [0.25, 0.3) is 0 Å². The molecule has 2 N–H and O–H groups in total. The van der Waals surface area contributed by atoms with Crippen LogP contribution in [0.5, 0.6) is 0 Å². The largest absolute Gasteiger partial charge is 0.373 e. The molecule has 2 aliphatic rings. The van der Waals surface area contributed by atoms with Crippen LogP contribution in [0.2, 0.25) is 0 Å². The summed E-state index contributed by atoms with van der Waals surface area (Å²) in [6.07, 6.45) is 5.61. The molecule has 0 amide bonds. The Kier molecular flexibility index (Phi) is 4.32. The van der Waals surface area contributed by atoms with Crippen LogP contribution in [0, 0.1) is 0 Å². The molecule has 3 aromatic rings. The van der Waals surface area contributed by atoms with Gasteiger partial charge in [-0.25, -0.2) is 9.97 Å². The van der Waals surface area contributed by atoms with E-state index in [1.54, 1.807) is 11.3 Å². The summed E-state index contributed by atoms with van der Waals surface area (Å²) < 4.78 is 1.25. The number of aryl methyl sites for hydroxylation is 1. The smallest absolute Gasteiger partial charge is 0.225 e. The van der Waals surface area contributed by atoms with Crippen molar-refractivity contribution in [2.75, 3.05) is 35.7 Å². The first kappa shape index (κ1) is 16.7. The molecule has 0 bridgehead atoms. The van der Waals surface area contributed by atoms with Crippen molar-refractivity contribution < 1.29 is 0 Å². The third kappa shape index (κ3) is 3.20. The van der Waals surface area contributed by atoms with Gasteiger partial charge in [-0.05, 0) is 44.2 Å². The van der Waals surface area contributed by atoms with Crippen LogP contribution in [-0.4, -0.2) is 41.1 Å². The Morgan fingerprint density at radius 2 is 2.04 bits per heavy atom. The molecule has 1 unspecified atom stereocenters. The molecule has 2 aromatic heterocycles. The predicted molar refractivity (Wildman–Crippen MR) is 112 cm³/mol. The zero-order valence-corrected chi connectivity index (χ0v) is 16.4. The van der Waals surface area contributed by atoms with Gasteiger partial charge in [0.1, 0.15) is 5.82 Å². The average molecular weight is 381 g/mol. The fourth-order valence-electron chi connectivity index (χ4n) is 4.15. The van der Waals surface area contributed by atoms with Crippen LogP contribution in [0.25, 0.3) is 10.2 Å². The molecule has 0 radical (unpaired) electrons. The minimum absolute atomic E-state index is 0.343. The van der Waals surface area contributed by atoms with Crippen molar-refractivity contribution in [3.05, 3.63) is 35.5 Å². The molecule has 3 heterocycles. The fourth-order valence-corrected chi connectivity index (χ4v) is 5.15. The second-order valence-corrected chi connectivity index (χ2v) is 8.33. The van der Waals surface area contributed by atoms with Gasteiger partial charge in [-0.2, -0.15) is 4.98 Å². The van der Waals surface area contributed by atoms with Crippen LogP contribution in [-0.2, 0) is 12.8 Å². The zero-order valence-electron chi connectivity index (χ0n) is 15.5. The number of anilines is 3. The van der Waals surface area contributed by atoms with Gasteiger partial charge in [-0.15, -0.1) is 0 Å². The number of hydrogen-bond donors (Lipinski definition) is 2. The van der Waals surface area contributed by atoms with E-state index in [1.807, 2.05) is 7.05 Å². The number of aromatic nitrogens is 3. The highest BCUT2D eigenvalue weighted by molar-refractivity contribution is 7.22. The SMILES string of the molecule is CNc1nc(NC2CCCN(c3nc4ccccc4s3)C2)nc2c1CCC2. The normalized spacial score (nSPS) is 19.3. The third-order valence-corrected chi connectivity index (χ3v) is 6.57. The Hall–Kier alpha value is -2.41. The van der Waals surface area contributed by atoms with Crippen molar-refractivity contribution in [3.8, 4) is 0 Å². The zero-order chi connectivity index (χ0) is 18.2. The van der Waals surface area contributed by atoms with E-state index in [0.29, 0.717) is 6.04 Å². The number of fused-ring (bicyclic) bond motifs is 2. The van der Waals surface area contributed by atoms with Crippen LogP contribution < -0.4 is 15.5 Å². The van der Waals surface area contributed by atoms with Crippen LogP contribution >= 0.6 is 11.3 Å². The van der Waals surface area contributed by atoms with Gasteiger partial charge >= 0.3 is 0 Å². The highest BCUT2D eigenvalue weighted by atomic mass is 32.1. The maximum Gasteiger partial charge on any atom is 0.225 e. The summed E-state index contributed by atoms with van der Waals surface area (Å²) in [7, 11) is 1.94. The van der Waals surface area contributed by atoms with E-state index >= 15 is 0 Å². The van der Waals surface area contributed by atoms with Crippen molar-refractivity contribution in [2.24, 2.45) is 0 Å². The number of nitrogens with zero attached hydrogens (tertiary/aromatic N) is 4. The average Bonchev–Trinajstić information content (AvgIpc) is 3.34. The summed E-state index contributed by atoms with van der Waals surface area (Å²) in [5, 5.41) is 7.96. The Balaban J connectivity index is 1.34. The van der Waals surface area contributed by atoms with E-state index in [0.717, 1.165) is 61.2 Å². The number of benzene rings is 1. The van der Waals surface area contributed by atoms with Crippen LogP contribution in [0.4, 0.5) is 16.9 Å². The molecular weight excluding hydrogens is 356 g/mol. The molecule has 27 heavy (non-hydrogen) atoms. The summed E-state index contributed by atoms with van der Waals surface area (Å²) in [5.74, 6) is 1.75. The summed E-state index contributed by atoms with van der Waals surface area (Å²) in [4.78, 5) is 16.7. The highest BCUT2D eigenvalue weighted by Crippen LogP contribution is 2.31. The minimum Gasteiger partial charge on any atom is -0.373 e. The van der Waals surface area contributed by atoms with E-state index < -0.39 is 0 Å². The summed E-state index contributed by atoms with van der Waals surface area (Å²) in [5.41, 5.74) is 3.59. The van der Waals surface area contributed by atoms with Crippen molar-refractivity contribution in [2.45, 2.75) is 38.1 Å². The second kappa shape index (κ2) is 6.96. The highest BCUT2D eigenvalue weighted by Gasteiger charge is 2.24. The number of nitrogens with one attached hydrogen (secondary N) is 2. The molecule has 1 aliphatic heterocycles. The number of piperidine rings is 1. The number of hydrogen-bond acceptors (Lipinski definition) is 7. The molecular formula is C20H24N6S. The maximum atomic E-state index is 4.83. The summed E-state index contributed by atoms with van der Waals surface area (Å²) >= 11 is 1.78. The third-order valence-electron chi connectivity index (χ3n) is 5.48. The molecule has 1 aromatic carbocycles. The lowest BCUT2D eigenvalue weighted by Crippen LogP contribution is -2.42. The quantitative estimate of drug-likeness (QED) is 0.719. The van der Waals surface area contributed by atoms with Crippen molar-refractivity contribution >= 4 is 38.5 Å². The lowest BCUT2D eigenvalue weighted by molar-refractivity contribution is 0.527. The number of para-hydroxylation sites is 1. The van der Waals surface area contributed by atoms with Crippen molar-refractivity contribution in [3.63, 3.8) is 0 Å². The first-order chi connectivity index (χ1) is 13.3. The first-order valence-corrected chi connectivity index (χ1v) is 10.6. The van der Waals surface area contributed by atoms with Crippen LogP contribution in [0.15, 0.2) is 24.3 Å². The Labute approximate surface area is 163 Å². The molecule has 5 rings (SSSR count). The van der Waals surface area contributed by atoms with Gasteiger partial charge in [0, 0.05) is 31.7 Å². The van der Waals surface area contributed by atoms with Gasteiger partial charge < -0.3 is 15.5 Å². The molecule has 6 nitrogen and oxygen atoms in total. The molecule has 7 heteroatoms. The molecule has 1 aliphatic carbocycles. The summed E-state index contributed by atoms with van der Waals surface area (Å²) in [6, 6.07) is 8.71. The standard InChI is InChI=1S/C20H24N6S/c1-21-18-14-7-4-9-15(14)23-19(25-18)22-13-6-5-11-26(12-13)20-24-16-8-2-3-10-17(16)27-20/h2-3,8,10,13H,4-7,9,11-12H2,1H3,(H2,21,22,23,25). The maximum absolute atomic E-state index is 4.83. The molecule has 0 spiro atoms. The van der Waals surface area contributed by atoms with E-state index in [4.69, 9.17) is 15.0 Å². The Bertz CT molecular complexity index is 935. The van der Waals surface area contributed by atoms with Crippen LogP contribution in [0.3, 0.4) is 0 Å². The van der Waals surface area contributed by atoms with E-state index in [9.17, 15) is 0 Å². The monoisotopic (exact) mass is 380 g/mol. The lowest BCUT2D eigenvalue weighted by atomic mass is 10.1. The topological polar surface area (TPSA) is 66.0 Å². The van der Waals surface area contributed by atoms with E-state index in [1.165, 1.54) is 22.4 Å². The van der Waals surface area contributed by atoms with Crippen molar-refractivity contribution in [1.82, 2.24) is 15.0 Å². The first-order valence-electron chi connectivity index (χ1n) is 9.75. The minimum atomic E-state index is 0.343. The molecule has 0 saturated carbocycles. The van der Waals surface area contributed by atoms with Gasteiger partial charge in [0.2, 0.25) is 5.95 Å². The molecule has 1 atom stereocenters. The molecule has 1 fully saturated rings. The van der Waals surface area contributed by atoms with Gasteiger partial charge in [0.15, 0.2) is 5.13 Å². The molecule has 140 valence electrons. The van der Waals surface area contributed by atoms with Gasteiger partial charge in [-0.3, -0.25) is 0 Å². The Morgan fingerprint density at radius 1 is 1.11 bits per heavy atom. The lowest BCUT2D eigenvalue weighted by Gasteiger charge is -2.33. The molecule has 1 saturated heterocycles.